The fraction of sp³-hybridized carbons (Fsp3) is 0.727. The number of rotatable bonds is 1. The van der Waals surface area contributed by atoms with Crippen LogP contribution in [0, 0.1) is 0 Å². The van der Waals surface area contributed by atoms with Crippen LogP contribution in [0.4, 0.5) is 0 Å². The molecule has 2 heterocycles. The number of hydrogen-bond acceptors (Lipinski definition) is 5. The molecule has 1 aromatic heterocycles. The first-order valence-electron chi connectivity index (χ1n) is 5.79. The van der Waals surface area contributed by atoms with Crippen LogP contribution in [0.5, 0.6) is 0 Å². The Bertz CT molecular complexity index is 374. The highest BCUT2D eigenvalue weighted by molar-refractivity contribution is 7.99. The quantitative estimate of drug-likeness (QED) is 0.837. The lowest BCUT2D eigenvalue weighted by Gasteiger charge is -2.20. The first-order chi connectivity index (χ1) is 7.84. The van der Waals surface area contributed by atoms with Gasteiger partial charge in [0.1, 0.15) is 11.1 Å². The Kier molecular flexibility index (Phi) is 3.20. The normalized spacial score (nSPS) is 30.1. The van der Waals surface area contributed by atoms with Crippen molar-refractivity contribution in [3.8, 4) is 0 Å². The highest BCUT2D eigenvalue weighted by Gasteiger charge is 2.26. The van der Waals surface area contributed by atoms with Gasteiger partial charge in [0.05, 0.1) is 12.3 Å². The average molecular weight is 256 g/mol. The molecule has 5 heteroatoms. The minimum absolute atomic E-state index is 0.157. The zero-order valence-electron chi connectivity index (χ0n) is 9.15. The van der Waals surface area contributed by atoms with Gasteiger partial charge in [0.2, 0.25) is 0 Å². The molecular weight excluding hydrogens is 240 g/mol. The molecule has 0 aromatic carbocycles. The third-order valence-corrected chi connectivity index (χ3v) is 5.32. The van der Waals surface area contributed by atoms with Gasteiger partial charge >= 0.3 is 0 Å². The van der Waals surface area contributed by atoms with Crippen molar-refractivity contribution in [1.29, 1.82) is 0 Å². The summed E-state index contributed by atoms with van der Waals surface area (Å²) in [6.07, 6.45) is 3.65. The van der Waals surface area contributed by atoms with E-state index in [1.807, 2.05) is 23.1 Å². The minimum atomic E-state index is 0.157. The molecule has 2 aliphatic rings. The van der Waals surface area contributed by atoms with Gasteiger partial charge in [-0.2, -0.15) is 11.8 Å². The van der Waals surface area contributed by atoms with E-state index in [1.165, 1.54) is 11.3 Å². The smallest absolute Gasteiger partial charge is 0.123 e. The van der Waals surface area contributed by atoms with Crippen LogP contribution in [-0.4, -0.2) is 23.1 Å². The van der Waals surface area contributed by atoms with Crippen LogP contribution < -0.4 is 5.73 Å². The predicted molar refractivity (Wildman–Crippen MR) is 68.0 cm³/mol. The molecule has 1 fully saturated rings. The van der Waals surface area contributed by atoms with Gasteiger partial charge in [0.25, 0.3) is 0 Å². The van der Waals surface area contributed by atoms with Crippen molar-refractivity contribution >= 4 is 23.1 Å². The van der Waals surface area contributed by atoms with Crippen LogP contribution in [0.2, 0.25) is 0 Å². The highest BCUT2D eigenvalue weighted by atomic mass is 32.2. The van der Waals surface area contributed by atoms with Crippen LogP contribution in [0.15, 0.2) is 0 Å². The maximum Gasteiger partial charge on any atom is 0.123 e. The van der Waals surface area contributed by atoms with E-state index in [1.54, 1.807) is 0 Å². The fourth-order valence-corrected chi connectivity index (χ4v) is 4.42. The third-order valence-electron chi connectivity index (χ3n) is 3.11. The van der Waals surface area contributed by atoms with Gasteiger partial charge in [0, 0.05) is 22.4 Å². The second-order valence-corrected chi connectivity index (χ2v) is 6.56. The van der Waals surface area contributed by atoms with Gasteiger partial charge in [0.15, 0.2) is 0 Å². The number of thioether (sulfide) groups is 1. The second kappa shape index (κ2) is 4.64. The largest absolute Gasteiger partial charge is 0.369 e. The summed E-state index contributed by atoms with van der Waals surface area (Å²) < 4.78 is 5.76. The minimum Gasteiger partial charge on any atom is -0.369 e. The lowest BCUT2D eigenvalue weighted by molar-refractivity contribution is 0.0754. The van der Waals surface area contributed by atoms with Gasteiger partial charge in [-0.3, -0.25) is 0 Å². The van der Waals surface area contributed by atoms with E-state index < -0.39 is 0 Å². The Labute approximate surface area is 104 Å². The molecule has 2 unspecified atom stereocenters. The van der Waals surface area contributed by atoms with E-state index >= 15 is 0 Å². The Morgan fingerprint density at radius 3 is 3.12 bits per heavy atom. The maximum atomic E-state index is 6.09. The molecular formula is C11H16N2OS2. The summed E-state index contributed by atoms with van der Waals surface area (Å²) in [5.41, 5.74) is 7.23. The molecule has 3 nitrogen and oxygen atoms in total. The Morgan fingerprint density at radius 1 is 1.44 bits per heavy atom. The van der Waals surface area contributed by atoms with Crippen molar-refractivity contribution in [2.75, 3.05) is 18.1 Å². The molecule has 1 aromatic rings. The number of ether oxygens (including phenoxy) is 1. The Morgan fingerprint density at radius 2 is 2.38 bits per heavy atom. The molecule has 0 amide bonds. The van der Waals surface area contributed by atoms with E-state index in [2.05, 4.69) is 0 Å². The monoisotopic (exact) mass is 256 g/mol. The number of thiazole rings is 1. The number of nitrogens with zero attached hydrogens (tertiary/aromatic N) is 1. The Hall–Kier alpha value is -0.100. The molecule has 3 rings (SSSR count). The number of aromatic nitrogens is 1. The van der Waals surface area contributed by atoms with Crippen molar-refractivity contribution in [3.63, 3.8) is 0 Å². The van der Waals surface area contributed by atoms with Crippen molar-refractivity contribution in [1.82, 2.24) is 4.98 Å². The van der Waals surface area contributed by atoms with E-state index in [0.717, 1.165) is 41.7 Å². The van der Waals surface area contributed by atoms with E-state index in [4.69, 9.17) is 15.5 Å². The summed E-state index contributed by atoms with van der Waals surface area (Å²) in [6, 6.07) is 0.157. The number of fused-ring (bicyclic) bond motifs is 1. The molecule has 0 spiro atoms. The zero-order valence-corrected chi connectivity index (χ0v) is 10.8. The van der Waals surface area contributed by atoms with Crippen LogP contribution in [0.3, 0.4) is 0 Å². The molecule has 16 heavy (non-hydrogen) atoms. The van der Waals surface area contributed by atoms with E-state index in [9.17, 15) is 0 Å². The van der Waals surface area contributed by atoms with Crippen LogP contribution in [0.25, 0.3) is 0 Å². The van der Waals surface area contributed by atoms with E-state index in [-0.39, 0.29) is 12.1 Å². The molecule has 2 N–H and O–H groups in total. The lowest BCUT2D eigenvalue weighted by atomic mass is 9.99. The molecule has 0 saturated carbocycles. The first kappa shape index (κ1) is 11.0. The van der Waals surface area contributed by atoms with Gasteiger partial charge in [-0.05, 0) is 19.3 Å². The van der Waals surface area contributed by atoms with Crippen molar-refractivity contribution < 1.29 is 4.74 Å². The Balaban J connectivity index is 1.85. The summed E-state index contributed by atoms with van der Waals surface area (Å²) in [5, 5.41) is 1.15. The molecule has 1 aliphatic heterocycles. The molecule has 1 saturated heterocycles. The van der Waals surface area contributed by atoms with Crippen LogP contribution in [0.1, 0.15) is 40.6 Å². The molecule has 1 aliphatic carbocycles. The number of nitrogens with two attached hydrogens (primary N) is 1. The first-order valence-corrected chi connectivity index (χ1v) is 7.76. The van der Waals surface area contributed by atoms with E-state index in [0.29, 0.717) is 0 Å². The summed E-state index contributed by atoms with van der Waals surface area (Å²) in [6.45, 7) is 0.853. The zero-order chi connectivity index (χ0) is 11.0. The summed E-state index contributed by atoms with van der Waals surface area (Å²) >= 11 is 3.77. The topological polar surface area (TPSA) is 48.1 Å². The molecule has 0 bridgehead atoms. The maximum absolute atomic E-state index is 6.09. The van der Waals surface area contributed by atoms with Gasteiger partial charge in [-0.1, -0.05) is 0 Å². The number of hydrogen-bond donors (Lipinski definition) is 1. The van der Waals surface area contributed by atoms with Gasteiger partial charge in [-0.25, -0.2) is 4.98 Å². The van der Waals surface area contributed by atoms with Crippen molar-refractivity contribution in [2.45, 2.75) is 31.4 Å². The molecule has 0 radical (unpaired) electrons. The highest BCUT2D eigenvalue weighted by Crippen LogP contribution is 2.36. The third kappa shape index (κ3) is 2.01. The SMILES string of the molecule is NC1CCCc2sc(C3CSCCO3)nc21. The summed E-state index contributed by atoms with van der Waals surface area (Å²) in [7, 11) is 0. The van der Waals surface area contributed by atoms with Crippen molar-refractivity contribution in [2.24, 2.45) is 5.73 Å². The molecule has 2 atom stereocenters. The fourth-order valence-electron chi connectivity index (χ4n) is 2.24. The lowest BCUT2D eigenvalue weighted by Crippen LogP contribution is -2.18. The van der Waals surface area contributed by atoms with Gasteiger partial charge in [-0.15, -0.1) is 11.3 Å². The summed E-state index contributed by atoms with van der Waals surface area (Å²) in [4.78, 5) is 6.11. The second-order valence-electron chi connectivity index (χ2n) is 4.29. The average Bonchev–Trinajstić information content (AvgIpc) is 2.76. The van der Waals surface area contributed by atoms with Crippen LogP contribution in [-0.2, 0) is 11.2 Å². The van der Waals surface area contributed by atoms with Crippen molar-refractivity contribution in [3.05, 3.63) is 15.6 Å². The van der Waals surface area contributed by atoms with Crippen LogP contribution >= 0.6 is 23.1 Å². The molecule has 88 valence electrons. The number of aryl methyl sites for hydroxylation is 1. The van der Waals surface area contributed by atoms with Gasteiger partial charge < -0.3 is 10.5 Å². The summed E-state index contributed by atoms with van der Waals surface area (Å²) in [5.74, 6) is 2.16. The predicted octanol–water partition coefficient (Wildman–Crippen LogP) is 2.28. The standard InChI is InChI=1S/C11H16N2OS2/c12-7-2-1-3-9-10(7)13-11(16-9)8-6-15-5-4-14-8/h7-8H,1-6,12H2.